The van der Waals surface area contributed by atoms with Crippen molar-refractivity contribution in [3.8, 4) is 5.75 Å². The molecule has 0 saturated heterocycles. The minimum atomic E-state index is 0. The predicted molar refractivity (Wildman–Crippen MR) is 34.0 cm³/mol. The molecule has 0 fully saturated rings. The summed E-state index contributed by atoms with van der Waals surface area (Å²) < 4.78 is 0. The van der Waals surface area contributed by atoms with E-state index in [0.717, 1.165) is 5.56 Å². The van der Waals surface area contributed by atoms with Gasteiger partial charge < -0.3 is 6.53 Å². The maximum atomic E-state index is 8.81. The van der Waals surface area contributed by atoms with Crippen molar-refractivity contribution in [1.82, 2.24) is 0 Å². The zero-order chi connectivity index (χ0) is 5.98. The van der Waals surface area contributed by atoms with Crippen molar-refractivity contribution >= 4 is 0 Å². The average molecular weight is 148 g/mol. The number of aromatic hydroxyl groups is 1. The summed E-state index contributed by atoms with van der Waals surface area (Å²) in [5.41, 5.74) is 1.09. The number of phenols is 1. The zero-order valence-electron chi connectivity index (χ0n) is 6.76. The Balaban J connectivity index is 0. The van der Waals surface area contributed by atoms with Gasteiger partial charge in [-0.2, -0.15) is 0 Å². The van der Waals surface area contributed by atoms with E-state index in [2.05, 4.69) is 0 Å². The molecule has 0 saturated carbocycles. The van der Waals surface area contributed by atoms with Crippen LogP contribution in [0.2, 0.25) is 0 Å². The summed E-state index contributed by atoms with van der Waals surface area (Å²) in [6, 6.07) is 7.15. The predicted octanol–water partition coefficient (Wildman–Crippen LogP) is -1.18. The Morgan fingerprint density at radius 3 is 2.44 bits per heavy atom. The van der Waals surface area contributed by atoms with Crippen molar-refractivity contribution in [3.63, 3.8) is 0 Å². The Kier molecular flexibility index (Phi) is 4.79. The summed E-state index contributed by atoms with van der Waals surface area (Å²) in [4.78, 5) is 0. The molecule has 9 heavy (non-hydrogen) atoms. The number of aryl methyl sites for hydroxylation is 1. The van der Waals surface area contributed by atoms with Gasteiger partial charge in [0.2, 0.25) is 0 Å². The molecule has 1 aromatic carbocycles. The largest absolute Gasteiger partial charge is 1.00 e. The fourth-order valence-electron chi connectivity index (χ4n) is 0.628. The zero-order valence-corrected chi connectivity index (χ0v) is 8.88. The van der Waals surface area contributed by atoms with Gasteiger partial charge in [0.05, 0.1) is 0 Å². The number of phenolic OH excluding ortho intramolecular Hbond substituents is 1. The average Bonchev–Trinajstić information content (AvgIpc) is 1.64. The standard InChI is InChI=1S/C7H8O.K.H/c1-6-3-2-4-7(8)5-6;;/h2-5,8H,1H3;;/q;+1;-1. The quantitative estimate of drug-likeness (QED) is 0.459. The molecule has 0 amide bonds. The summed E-state index contributed by atoms with van der Waals surface area (Å²) in [5, 5.41) is 8.81. The maximum Gasteiger partial charge on any atom is 1.00 e. The van der Waals surface area contributed by atoms with Crippen LogP contribution in [0.3, 0.4) is 0 Å². The molecule has 44 valence electrons. The molecule has 0 spiro atoms. The van der Waals surface area contributed by atoms with Gasteiger partial charge >= 0.3 is 51.4 Å². The van der Waals surface area contributed by atoms with E-state index in [1.54, 1.807) is 12.1 Å². The van der Waals surface area contributed by atoms with Crippen molar-refractivity contribution in [2.24, 2.45) is 0 Å². The SMILES string of the molecule is Cc1cccc(O)c1.[H-].[K+]. The van der Waals surface area contributed by atoms with Gasteiger partial charge in [0.1, 0.15) is 5.75 Å². The van der Waals surface area contributed by atoms with Gasteiger partial charge in [0, 0.05) is 0 Å². The van der Waals surface area contributed by atoms with E-state index in [4.69, 9.17) is 5.11 Å². The minimum absolute atomic E-state index is 0. The second-order valence-corrected chi connectivity index (χ2v) is 1.84. The molecule has 1 N–H and O–H groups in total. The van der Waals surface area contributed by atoms with Gasteiger partial charge in [-0.15, -0.1) is 0 Å². The first kappa shape index (κ1) is 9.66. The van der Waals surface area contributed by atoms with Crippen LogP contribution in [-0.4, -0.2) is 5.11 Å². The van der Waals surface area contributed by atoms with Gasteiger partial charge in [0.25, 0.3) is 0 Å². The molecule has 1 rings (SSSR count). The molecule has 0 aliphatic rings. The van der Waals surface area contributed by atoms with Gasteiger partial charge in [-0.3, -0.25) is 0 Å². The van der Waals surface area contributed by atoms with Crippen LogP contribution in [0.1, 0.15) is 6.99 Å². The third-order valence-electron chi connectivity index (χ3n) is 1.00. The van der Waals surface area contributed by atoms with Crippen molar-refractivity contribution in [3.05, 3.63) is 29.8 Å². The fourth-order valence-corrected chi connectivity index (χ4v) is 0.628. The molecular weight excluding hydrogens is 139 g/mol. The van der Waals surface area contributed by atoms with Crippen molar-refractivity contribution in [2.45, 2.75) is 6.92 Å². The smallest absolute Gasteiger partial charge is 1.00 e. The van der Waals surface area contributed by atoms with Crippen molar-refractivity contribution in [2.75, 3.05) is 0 Å². The Bertz CT molecular complexity index is 173. The third kappa shape index (κ3) is 3.38. The van der Waals surface area contributed by atoms with Crippen LogP contribution in [0.15, 0.2) is 24.3 Å². The van der Waals surface area contributed by atoms with Crippen LogP contribution in [0, 0.1) is 6.92 Å². The van der Waals surface area contributed by atoms with Crippen LogP contribution in [0.4, 0.5) is 0 Å². The van der Waals surface area contributed by atoms with E-state index < -0.39 is 0 Å². The van der Waals surface area contributed by atoms with Gasteiger partial charge in [0.15, 0.2) is 0 Å². The molecule has 1 aromatic rings. The Morgan fingerprint density at radius 2 is 2.11 bits per heavy atom. The minimum Gasteiger partial charge on any atom is -1.00 e. The first-order valence-corrected chi connectivity index (χ1v) is 2.54. The molecule has 0 aliphatic heterocycles. The summed E-state index contributed by atoms with van der Waals surface area (Å²) in [5.74, 6) is 0.338. The van der Waals surface area contributed by atoms with Crippen LogP contribution in [-0.2, 0) is 0 Å². The summed E-state index contributed by atoms with van der Waals surface area (Å²) in [7, 11) is 0. The van der Waals surface area contributed by atoms with E-state index in [1.165, 1.54) is 0 Å². The van der Waals surface area contributed by atoms with Crippen LogP contribution >= 0.6 is 0 Å². The van der Waals surface area contributed by atoms with Crippen molar-refractivity contribution in [1.29, 1.82) is 0 Å². The van der Waals surface area contributed by atoms with Crippen LogP contribution in [0.5, 0.6) is 5.75 Å². The number of rotatable bonds is 0. The first-order valence-electron chi connectivity index (χ1n) is 2.54. The second kappa shape index (κ2) is 4.47. The molecular formula is C7H9KO. The molecule has 2 heteroatoms. The van der Waals surface area contributed by atoms with Gasteiger partial charge in [-0.1, -0.05) is 12.1 Å². The Hall–Kier alpha value is 0.656. The summed E-state index contributed by atoms with van der Waals surface area (Å²) in [6.45, 7) is 1.94. The molecule has 0 heterocycles. The fraction of sp³-hybridized carbons (Fsp3) is 0.143. The monoisotopic (exact) mass is 148 g/mol. The van der Waals surface area contributed by atoms with Crippen LogP contribution < -0.4 is 51.4 Å². The summed E-state index contributed by atoms with van der Waals surface area (Å²) >= 11 is 0. The van der Waals surface area contributed by atoms with Gasteiger partial charge in [-0.05, 0) is 24.6 Å². The topological polar surface area (TPSA) is 20.2 Å². The molecule has 0 bridgehead atoms. The molecule has 0 unspecified atom stereocenters. The maximum absolute atomic E-state index is 8.81. The van der Waals surface area contributed by atoms with E-state index in [9.17, 15) is 0 Å². The normalized spacial score (nSPS) is 8.11. The first-order chi connectivity index (χ1) is 3.79. The van der Waals surface area contributed by atoms with E-state index in [-0.39, 0.29) is 52.8 Å². The van der Waals surface area contributed by atoms with E-state index in [1.807, 2.05) is 19.1 Å². The number of hydrogen-bond acceptors (Lipinski definition) is 1. The molecule has 0 aromatic heterocycles. The Morgan fingerprint density at radius 1 is 1.44 bits per heavy atom. The van der Waals surface area contributed by atoms with Gasteiger partial charge in [-0.25, -0.2) is 0 Å². The molecule has 0 aliphatic carbocycles. The third-order valence-corrected chi connectivity index (χ3v) is 1.00. The molecule has 0 radical (unpaired) electrons. The summed E-state index contributed by atoms with van der Waals surface area (Å²) in [6.07, 6.45) is 0. The second-order valence-electron chi connectivity index (χ2n) is 1.84. The molecule has 0 atom stereocenters. The molecule has 1 nitrogen and oxygen atoms in total. The van der Waals surface area contributed by atoms with E-state index >= 15 is 0 Å². The Labute approximate surface area is 99.0 Å². The van der Waals surface area contributed by atoms with Crippen molar-refractivity contribution < 1.29 is 57.9 Å². The number of benzene rings is 1. The number of hydrogen-bond donors (Lipinski definition) is 1. The van der Waals surface area contributed by atoms with Crippen LogP contribution in [0.25, 0.3) is 0 Å². The van der Waals surface area contributed by atoms with E-state index in [0.29, 0.717) is 5.75 Å².